The number of rotatable bonds is 4. The summed E-state index contributed by atoms with van der Waals surface area (Å²) in [5, 5.41) is 10.7. The molecule has 1 unspecified atom stereocenters. The fourth-order valence-electron chi connectivity index (χ4n) is 3.04. The molecule has 4 nitrogen and oxygen atoms in total. The minimum absolute atomic E-state index is 0. The highest BCUT2D eigenvalue weighted by Gasteiger charge is 2.29. The van der Waals surface area contributed by atoms with Gasteiger partial charge < -0.3 is 14.3 Å². The van der Waals surface area contributed by atoms with E-state index in [4.69, 9.17) is 20.8 Å². The van der Waals surface area contributed by atoms with E-state index in [9.17, 15) is 5.11 Å². The molecule has 0 amide bonds. The van der Waals surface area contributed by atoms with Crippen molar-refractivity contribution in [3.63, 3.8) is 0 Å². The molecule has 1 aromatic heterocycles. The van der Waals surface area contributed by atoms with Crippen LogP contribution in [0.25, 0.3) is 0 Å². The molecule has 0 spiro atoms. The third-order valence-corrected chi connectivity index (χ3v) is 5.28. The van der Waals surface area contributed by atoms with Gasteiger partial charge in [-0.25, -0.2) is 0 Å². The molecule has 0 aliphatic carbocycles. The summed E-state index contributed by atoms with van der Waals surface area (Å²) in [6, 6.07) is 7.61. The van der Waals surface area contributed by atoms with Crippen LogP contribution in [0, 0.1) is 0 Å². The molecule has 1 aromatic carbocycles. The van der Waals surface area contributed by atoms with E-state index in [1.807, 2.05) is 38.1 Å². The Labute approximate surface area is 167 Å². The minimum Gasteiger partial charge on any atom is -0.484 e. The number of halogens is 3. The van der Waals surface area contributed by atoms with Crippen molar-refractivity contribution >= 4 is 39.9 Å². The van der Waals surface area contributed by atoms with Crippen molar-refractivity contribution in [3.8, 4) is 5.75 Å². The maximum Gasteiger partial charge on any atom is 0.139 e. The highest BCUT2D eigenvalue weighted by atomic mass is 79.9. The monoisotopic (exact) mass is 449 g/mol. The molecular weight excluding hydrogens is 429 g/mol. The topological polar surface area (TPSA) is 45.8 Å². The third-order valence-electron chi connectivity index (χ3n) is 4.00. The Hall–Kier alpha value is -0.720. The van der Waals surface area contributed by atoms with Crippen LogP contribution in [0.3, 0.4) is 0 Å². The first-order valence-electron chi connectivity index (χ1n) is 7.95. The highest BCUT2D eigenvalue weighted by molar-refractivity contribution is 9.10. The van der Waals surface area contributed by atoms with Gasteiger partial charge >= 0.3 is 0 Å². The van der Waals surface area contributed by atoms with E-state index in [1.54, 1.807) is 6.26 Å². The third kappa shape index (κ3) is 5.14. The molecule has 0 saturated carbocycles. The van der Waals surface area contributed by atoms with Crippen molar-refractivity contribution in [1.82, 2.24) is 4.90 Å². The fourth-order valence-corrected chi connectivity index (χ4v) is 3.55. The molecule has 0 saturated heterocycles. The Morgan fingerprint density at radius 3 is 2.88 bits per heavy atom. The van der Waals surface area contributed by atoms with Crippen LogP contribution >= 0.6 is 39.9 Å². The molecule has 1 aliphatic heterocycles. The summed E-state index contributed by atoms with van der Waals surface area (Å²) < 4.78 is 12.7. The predicted molar refractivity (Wildman–Crippen MR) is 105 cm³/mol. The smallest absolute Gasteiger partial charge is 0.139 e. The molecule has 0 radical (unpaired) electrons. The molecule has 0 fully saturated rings. The van der Waals surface area contributed by atoms with Gasteiger partial charge in [0, 0.05) is 29.5 Å². The van der Waals surface area contributed by atoms with Gasteiger partial charge in [0.1, 0.15) is 17.6 Å². The highest BCUT2D eigenvalue weighted by Crippen LogP contribution is 2.37. The number of fused-ring (bicyclic) bond motifs is 1. The van der Waals surface area contributed by atoms with Crippen molar-refractivity contribution in [2.24, 2.45) is 0 Å². The van der Waals surface area contributed by atoms with Crippen molar-refractivity contribution < 1.29 is 14.3 Å². The van der Waals surface area contributed by atoms with Crippen LogP contribution in [-0.2, 0) is 6.54 Å². The minimum atomic E-state index is -0.749. The number of hydrogen-bond acceptors (Lipinski definition) is 4. The van der Waals surface area contributed by atoms with Gasteiger partial charge in [0.25, 0.3) is 0 Å². The Bertz CT molecular complexity index is 715. The van der Waals surface area contributed by atoms with Crippen LogP contribution in [0.15, 0.2) is 39.4 Å². The number of ether oxygens (including phenoxy) is 1. The second kappa shape index (κ2) is 8.31. The lowest BCUT2D eigenvalue weighted by Gasteiger charge is -2.27. The number of hydrogen-bond donors (Lipinski definition) is 1. The number of benzene rings is 1. The Morgan fingerprint density at radius 1 is 1.40 bits per heavy atom. The lowest BCUT2D eigenvalue weighted by atomic mass is 10.1. The van der Waals surface area contributed by atoms with Gasteiger partial charge in [-0.15, -0.1) is 12.4 Å². The van der Waals surface area contributed by atoms with Crippen LogP contribution in [0.4, 0.5) is 0 Å². The zero-order valence-electron chi connectivity index (χ0n) is 14.2. The van der Waals surface area contributed by atoms with Crippen molar-refractivity contribution in [3.05, 3.63) is 51.3 Å². The molecule has 138 valence electrons. The van der Waals surface area contributed by atoms with Gasteiger partial charge in [-0.1, -0.05) is 17.7 Å². The molecule has 2 heterocycles. The van der Waals surface area contributed by atoms with Gasteiger partial charge in [0.15, 0.2) is 0 Å². The van der Waals surface area contributed by atoms with E-state index in [2.05, 4.69) is 20.8 Å². The molecule has 1 atom stereocenters. The summed E-state index contributed by atoms with van der Waals surface area (Å²) in [5.41, 5.74) is 0.297. The predicted octanol–water partition coefficient (Wildman–Crippen LogP) is 5.21. The summed E-state index contributed by atoms with van der Waals surface area (Å²) in [5.74, 6) is 1.53. The van der Waals surface area contributed by atoms with Gasteiger partial charge in [0.2, 0.25) is 0 Å². The Morgan fingerprint density at radius 2 is 2.16 bits per heavy atom. The molecular formula is C18H22BrCl2NO3. The maximum absolute atomic E-state index is 10.1. The average Bonchev–Trinajstić information content (AvgIpc) is 2.88. The quantitative estimate of drug-likeness (QED) is 0.693. The van der Waals surface area contributed by atoms with Crippen molar-refractivity contribution in [2.75, 3.05) is 13.1 Å². The summed E-state index contributed by atoms with van der Waals surface area (Å²) in [4.78, 5) is 2.19. The molecule has 2 aromatic rings. The van der Waals surface area contributed by atoms with Gasteiger partial charge in [-0.3, -0.25) is 4.90 Å². The average molecular weight is 451 g/mol. The molecule has 7 heteroatoms. The van der Waals surface area contributed by atoms with Crippen molar-refractivity contribution in [2.45, 2.75) is 38.5 Å². The molecule has 1 N–H and O–H groups in total. The Balaban J connectivity index is 0.00000225. The molecule has 3 rings (SSSR count). The van der Waals surface area contributed by atoms with Gasteiger partial charge in [-0.2, -0.15) is 0 Å². The largest absolute Gasteiger partial charge is 0.484 e. The normalized spacial score (nSPS) is 18.2. The standard InChI is InChI=1S/C18H21BrClNO3.ClH/c1-18(2,22)11-21-8-6-14(12-7-9-23-16(12)10-21)24-15-5-3-4-13(19)17(15)20;/h3-5,7,9,14,22H,6,8,10-11H2,1-2H3;1H. The summed E-state index contributed by atoms with van der Waals surface area (Å²) in [6.45, 7) is 5.69. The SMILES string of the molecule is CC(C)(O)CN1CCC(Oc2cccc(Br)c2Cl)c2ccoc2C1.Cl. The van der Waals surface area contributed by atoms with Gasteiger partial charge in [0.05, 0.1) is 23.4 Å². The second-order valence-electron chi connectivity index (χ2n) is 6.77. The Kier molecular flexibility index (Phi) is 6.85. The van der Waals surface area contributed by atoms with E-state index in [0.29, 0.717) is 23.9 Å². The number of nitrogens with zero attached hydrogens (tertiary/aromatic N) is 1. The van der Waals surface area contributed by atoms with E-state index >= 15 is 0 Å². The second-order valence-corrected chi connectivity index (χ2v) is 8.00. The first-order valence-corrected chi connectivity index (χ1v) is 9.12. The number of aliphatic hydroxyl groups is 1. The zero-order valence-corrected chi connectivity index (χ0v) is 17.3. The first kappa shape index (κ1) is 20.6. The molecule has 0 bridgehead atoms. The van der Waals surface area contributed by atoms with Crippen molar-refractivity contribution in [1.29, 1.82) is 0 Å². The van der Waals surface area contributed by atoms with E-state index < -0.39 is 5.60 Å². The lowest BCUT2D eigenvalue weighted by Crippen LogP contribution is -2.38. The van der Waals surface area contributed by atoms with Crippen LogP contribution in [-0.4, -0.2) is 28.7 Å². The van der Waals surface area contributed by atoms with E-state index in [-0.39, 0.29) is 18.5 Å². The van der Waals surface area contributed by atoms with Gasteiger partial charge in [-0.05, 0) is 48.0 Å². The van der Waals surface area contributed by atoms with Crippen LogP contribution in [0.2, 0.25) is 5.02 Å². The summed E-state index contributed by atoms with van der Waals surface area (Å²) in [7, 11) is 0. The number of furan rings is 1. The lowest BCUT2D eigenvalue weighted by molar-refractivity contribution is 0.0297. The van der Waals surface area contributed by atoms with Crippen LogP contribution in [0.5, 0.6) is 5.75 Å². The summed E-state index contributed by atoms with van der Waals surface area (Å²) in [6.07, 6.45) is 2.36. The summed E-state index contributed by atoms with van der Waals surface area (Å²) >= 11 is 9.76. The van der Waals surface area contributed by atoms with E-state index in [0.717, 1.165) is 28.8 Å². The molecule has 25 heavy (non-hydrogen) atoms. The number of β-amino-alcohol motifs (C(OH)–C–C–N with tert-alkyl or cyclic N) is 1. The van der Waals surface area contributed by atoms with E-state index in [1.165, 1.54) is 0 Å². The first-order chi connectivity index (χ1) is 11.3. The zero-order chi connectivity index (χ0) is 17.3. The van der Waals surface area contributed by atoms with Crippen LogP contribution < -0.4 is 4.74 Å². The van der Waals surface area contributed by atoms with Crippen LogP contribution in [0.1, 0.15) is 37.7 Å². The maximum atomic E-state index is 10.1. The fraction of sp³-hybridized carbons (Fsp3) is 0.444. The molecule has 1 aliphatic rings.